The highest BCUT2D eigenvalue weighted by Crippen LogP contribution is 2.32. The van der Waals surface area contributed by atoms with Crippen molar-refractivity contribution in [3.05, 3.63) is 72.3 Å². The third-order valence-electron chi connectivity index (χ3n) is 2.84. The third-order valence-corrected chi connectivity index (χ3v) is 3.86. The molecule has 0 atom stereocenters. The van der Waals surface area contributed by atoms with Crippen molar-refractivity contribution in [3.8, 4) is 0 Å². The van der Waals surface area contributed by atoms with Gasteiger partial charge in [0.15, 0.2) is 0 Å². The van der Waals surface area contributed by atoms with Crippen molar-refractivity contribution >= 4 is 22.5 Å². The number of halogens is 2. The van der Waals surface area contributed by atoms with Crippen LogP contribution in [-0.4, -0.2) is 0 Å². The van der Waals surface area contributed by atoms with E-state index in [0.717, 1.165) is 27.8 Å². The topological polar surface area (TPSA) is 0 Å². The van der Waals surface area contributed by atoms with Crippen LogP contribution in [0.3, 0.4) is 0 Å². The summed E-state index contributed by atoms with van der Waals surface area (Å²) in [6, 6.07) is 17.3. The lowest BCUT2D eigenvalue weighted by molar-refractivity contribution is 0.577. The van der Waals surface area contributed by atoms with E-state index >= 15 is 0 Å². The summed E-state index contributed by atoms with van der Waals surface area (Å²) in [6.45, 7) is 0. The Bertz CT molecular complexity index is 738. The maximum atomic E-state index is 13.6. The summed E-state index contributed by atoms with van der Waals surface area (Å²) in [5.74, 6) is -0.829. The smallest absolute Gasteiger partial charge is 0.137 e. The van der Waals surface area contributed by atoms with Crippen molar-refractivity contribution in [2.75, 3.05) is 0 Å². The fourth-order valence-electron chi connectivity index (χ4n) is 1.91. The molecule has 0 heterocycles. The molecule has 0 N–H and O–H groups in total. The van der Waals surface area contributed by atoms with Gasteiger partial charge in [0.25, 0.3) is 0 Å². The fraction of sp³-hybridized carbons (Fsp3) is 0. The van der Waals surface area contributed by atoms with Crippen LogP contribution in [0.1, 0.15) is 0 Å². The fourth-order valence-corrected chi connectivity index (χ4v) is 2.83. The molecule has 0 aliphatic rings. The van der Waals surface area contributed by atoms with E-state index < -0.39 is 11.6 Å². The average molecular weight is 272 g/mol. The van der Waals surface area contributed by atoms with E-state index in [0.29, 0.717) is 4.90 Å². The van der Waals surface area contributed by atoms with Crippen molar-refractivity contribution in [1.29, 1.82) is 0 Å². The lowest BCUT2D eigenvalue weighted by Gasteiger charge is -2.05. The van der Waals surface area contributed by atoms with Gasteiger partial charge in [-0.15, -0.1) is 0 Å². The first-order chi connectivity index (χ1) is 9.22. The highest BCUT2D eigenvalue weighted by atomic mass is 32.2. The summed E-state index contributed by atoms with van der Waals surface area (Å²) in [5.41, 5.74) is 0. The quantitative estimate of drug-likeness (QED) is 0.612. The van der Waals surface area contributed by atoms with Crippen molar-refractivity contribution in [3.63, 3.8) is 0 Å². The molecule has 0 spiro atoms. The minimum Gasteiger partial charge on any atom is -0.207 e. The maximum Gasteiger partial charge on any atom is 0.137 e. The Balaban J connectivity index is 1.98. The standard InChI is InChI=1S/C16H10F2S/c17-13-6-8-15(18)16(10-13)19-14-7-5-11-3-1-2-4-12(11)9-14/h1-10H. The molecule has 0 saturated carbocycles. The maximum absolute atomic E-state index is 13.6. The van der Waals surface area contributed by atoms with Crippen LogP contribution < -0.4 is 0 Å². The van der Waals surface area contributed by atoms with Crippen molar-refractivity contribution in [2.24, 2.45) is 0 Å². The van der Waals surface area contributed by atoms with Crippen LogP contribution in [0.5, 0.6) is 0 Å². The van der Waals surface area contributed by atoms with Crippen LogP contribution >= 0.6 is 11.8 Å². The second kappa shape index (κ2) is 5.02. The molecule has 0 amide bonds. The van der Waals surface area contributed by atoms with Gasteiger partial charge in [0.05, 0.1) is 4.90 Å². The summed E-state index contributed by atoms with van der Waals surface area (Å²) >= 11 is 1.23. The molecule has 3 heteroatoms. The van der Waals surface area contributed by atoms with Crippen LogP contribution in [0.15, 0.2) is 70.5 Å². The lowest BCUT2D eigenvalue weighted by Crippen LogP contribution is -1.83. The van der Waals surface area contributed by atoms with Crippen LogP contribution in [0.2, 0.25) is 0 Å². The monoisotopic (exact) mass is 272 g/mol. The molecule has 0 bridgehead atoms. The molecule has 94 valence electrons. The van der Waals surface area contributed by atoms with Crippen LogP contribution in [-0.2, 0) is 0 Å². The highest BCUT2D eigenvalue weighted by molar-refractivity contribution is 7.99. The van der Waals surface area contributed by atoms with Gasteiger partial charge in [0.2, 0.25) is 0 Å². The van der Waals surface area contributed by atoms with Crippen LogP contribution in [0.25, 0.3) is 10.8 Å². The predicted molar refractivity (Wildman–Crippen MR) is 74.4 cm³/mol. The minimum atomic E-state index is -0.426. The second-order valence-corrected chi connectivity index (χ2v) is 5.30. The second-order valence-electron chi connectivity index (χ2n) is 4.19. The number of rotatable bonds is 2. The van der Waals surface area contributed by atoms with Crippen molar-refractivity contribution in [1.82, 2.24) is 0 Å². The van der Waals surface area contributed by atoms with E-state index in [2.05, 4.69) is 0 Å². The number of fused-ring (bicyclic) bond motifs is 1. The molecular weight excluding hydrogens is 262 g/mol. The van der Waals surface area contributed by atoms with E-state index in [-0.39, 0.29) is 0 Å². The molecule has 0 aromatic heterocycles. The van der Waals surface area contributed by atoms with E-state index in [4.69, 9.17) is 0 Å². The summed E-state index contributed by atoms with van der Waals surface area (Å²) in [5, 5.41) is 2.22. The summed E-state index contributed by atoms with van der Waals surface area (Å²) in [6.07, 6.45) is 0. The summed E-state index contributed by atoms with van der Waals surface area (Å²) in [4.78, 5) is 1.19. The van der Waals surface area contributed by atoms with E-state index in [1.807, 2.05) is 42.5 Å². The molecule has 3 rings (SSSR count). The zero-order valence-corrected chi connectivity index (χ0v) is 10.8. The molecule has 0 aliphatic carbocycles. The van der Waals surface area contributed by atoms with Crippen LogP contribution in [0, 0.1) is 11.6 Å². The molecule has 0 saturated heterocycles. The van der Waals surface area contributed by atoms with Gasteiger partial charge in [-0.2, -0.15) is 0 Å². The van der Waals surface area contributed by atoms with Gasteiger partial charge < -0.3 is 0 Å². The van der Waals surface area contributed by atoms with E-state index in [1.54, 1.807) is 0 Å². The van der Waals surface area contributed by atoms with Crippen LogP contribution in [0.4, 0.5) is 8.78 Å². The molecule has 0 unspecified atom stereocenters. The Morgan fingerprint density at radius 2 is 1.53 bits per heavy atom. The van der Waals surface area contributed by atoms with Gasteiger partial charge in [0.1, 0.15) is 11.6 Å². The van der Waals surface area contributed by atoms with Gasteiger partial charge in [-0.3, -0.25) is 0 Å². The normalized spacial score (nSPS) is 10.8. The molecule has 19 heavy (non-hydrogen) atoms. The number of benzene rings is 3. The Morgan fingerprint density at radius 1 is 0.737 bits per heavy atom. The molecule has 3 aromatic rings. The van der Waals surface area contributed by atoms with E-state index in [1.165, 1.54) is 17.8 Å². The SMILES string of the molecule is Fc1ccc(F)c(Sc2ccc3ccccc3c2)c1. The van der Waals surface area contributed by atoms with Crippen molar-refractivity contribution in [2.45, 2.75) is 9.79 Å². The Morgan fingerprint density at radius 3 is 2.37 bits per heavy atom. The van der Waals surface area contributed by atoms with Gasteiger partial charge in [0, 0.05) is 4.90 Å². The lowest BCUT2D eigenvalue weighted by atomic mass is 10.1. The minimum absolute atomic E-state index is 0.301. The summed E-state index contributed by atoms with van der Waals surface area (Å²) in [7, 11) is 0. The molecule has 0 aliphatic heterocycles. The summed E-state index contributed by atoms with van der Waals surface area (Å²) < 4.78 is 26.7. The van der Waals surface area contributed by atoms with Gasteiger partial charge in [-0.25, -0.2) is 8.78 Å². The molecule has 0 radical (unpaired) electrons. The highest BCUT2D eigenvalue weighted by Gasteiger charge is 2.06. The Hall–Kier alpha value is -1.87. The third kappa shape index (κ3) is 2.61. The molecule has 0 fully saturated rings. The van der Waals surface area contributed by atoms with Gasteiger partial charge >= 0.3 is 0 Å². The molecular formula is C16H10F2S. The average Bonchev–Trinajstić information content (AvgIpc) is 2.43. The van der Waals surface area contributed by atoms with E-state index in [9.17, 15) is 8.78 Å². The largest absolute Gasteiger partial charge is 0.207 e. The van der Waals surface area contributed by atoms with Crippen molar-refractivity contribution < 1.29 is 8.78 Å². The number of hydrogen-bond acceptors (Lipinski definition) is 1. The first-order valence-electron chi connectivity index (χ1n) is 5.84. The zero-order chi connectivity index (χ0) is 13.2. The zero-order valence-electron chi connectivity index (χ0n) is 9.94. The first kappa shape index (κ1) is 12.2. The molecule has 0 nitrogen and oxygen atoms in total. The van der Waals surface area contributed by atoms with Gasteiger partial charge in [-0.05, 0) is 41.1 Å². The molecule has 3 aromatic carbocycles. The Labute approximate surface area is 114 Å². The predicted octanol–water partition coefficient (Wildman–Crippen LogP) is 5.27. The van der Waals surface area contributed by atoms with Gasteiger partial charge in [-0.1, -0.05) is 42.1 Å². The first-order valence-corrected chi connectivity index (χ1v) is 6.66. The number of hydrogen-bond donors (Lipinski definition) is 0. The Kier molecular flexibility index (Phi) is 3.22.